The van der Waals surface area contributed by atoms with E-state index < -0.39 is 0 Å². The number of hydrogen-bond acceptors (Lipinski definition) is 6. The molecule has 0 aliphatic carbocycles. The molecule has 0 spiro atoms. The molecule has 32 heavy (non-hydrogen) atoms. The Bertz CT molecular complexity index is 1370. The van der Waals surface area contributed by atoms with Crippen molar-refractivity contribution in [2.24, 2.45) is 0 Å². The number of anilines is 1. The molecule has 8 heteroatoms. The standard InChI is InChI=1S/C24H21N3O3S2/c1-14-10-15(2)12-19(11-14)27-23(30)22-20(8-9-31-22)26-24(27)32-13-21(29)25-18-6-4-17(5-7-18)16(3)28/h4-12H,13H2,1-3H3,(H,25,29). The van der Waals surface area contributed by atoms with Crippen LogP contribution >= 0.6 is 23.1 Å². The number of amides is 1. The van der Waals surface area contributed by atoms with Crippen LogP contribution in [0, 0.1) is 13.8 Å². The summed E-state index contributed by atoms with van der Waals surface area (Å²) in [6.07, 6.45) is 0. The van der Waals surface area contributed by atoms with Gasteiger partial charge in [0.05, 0.1) is 17.0 Å². The average Bonchev–Trinajstić information content (AvgIpc) is 3.21. The third kappa shape index (κ3) is 4.66. The highest BCUT2D eigenvalue weighted by molar-refractivity contribution is 7.99. The second-order valence-electron chi connectivity index (χ2n) is 7.49. The van der Waals surface area contributed by atoms with Gasteiger partial charge < -0.3 is 5.32 Å². The lowest BCUT2D eigenvalue weighted by Crippen LogP contribution is -2.22. The minimum Gasteiger partial charge on any atom is -0.325 e. The van der Waals surface area contributed by atoms with Gasteiger partial charge in [-0.2, -0.15) is 0 Å². The third-order valence-corrected chi connectivity index (χ3v) is 6.65. The molecule has 1 N–H and O–H groups in total. The van der Waals surface area contributed by atoms with E-state index in [4.69, 9.17) is 0 Å². The summed E-state index contributed by atoms with van der Waals surface area (Å²) >= 11 is 2.57. The van der Waals surface area contributed by atoms with Crippen molar-refractivity contribution in [1.82, 2.24) is 9.55 Å². The average molecular weight is 464 g/mol. The van der Waals surface area contributed by atoms with E-state index in [9.17, 15) is 14.4 Å². The lowest BCUT2D eigenvalue weighted by Gasteiger charge is -2.13. The normalized spacial score (nSPS) is 11.0. The molecule has 0 radical (unpaired) electrons. The number of carbonyl (C=O) groups is 2. The molecule has 162 valence electrons. The van der Waals surface area contributed by atoms with Gasteiger partial charge in [-0.15, -0.1) is 11.3 Å². The van der Waals surface area contributed by atoms with Crippen LogP contribution in [0.4, 0.5) is 5.69 Å². The topological polar surface area (TPSA) is 81.1 Å². The molecule has 0 atom stereocenters. The number of nitrogens with one attached hydrogen (secondary N) is 1. The van der Waals surface area contributed by atoms with Gasteiger partial charge in [0, 0.05) is 11.3 Å². The summed E-state index contributed by atoms with van der Waals surface area (Å²) in [4.78, 5) is 41.9. The van der Waals surface area contributed by atoms with Gasteiger partial charge in [-0.25, -0.2) is 4.98 Å². The minimum absolute atomic E-state index is 0.0299. The fraction of sp³-hybridized carbons (Fsp3) is 0.167. The fourth-order valence-corrected chi connectivity index (χ4v) is 4.98. The largest absolute Gasteiger partial charge is 0.325 e. The summed E-state index contributed by atoms with van der Waals surface area (Å²) in [5.41, 5.74) is 4.50. The van der Waals surface area contributed by atoms with Gasteiger partial charge in [-0.1, -0.05) is 17.8 Å². The Labute approximate surface area is 193 Å². The lowest BCUT2D eigenvalue weighted by molar-refractivity contribution is -0.113. The van der Waals surface area contributed by atoms with Crippen molar-refractivity contribution in [1.29, 1.82) is 0 Å². The molecule has 4 rings (SSSR count). The zero-order valence-corrected chi connectivity index (χ0v) is 19.5. The number of carbonyl (C=O) groups excluding carboxylic acids is 2. The van der Waals surface area contributed by atoms with Crippen LogP contribution in [0.15, 0.2) is 63.9 Å². The van der Waals surface area contributed by atoms with Gasteiger partial charge in [0.1, 0.15) is 4.70 Å². The first-order chi connectivity index (χ1) is 15.3. The van der Waals surface area contributed by atoms with E-state index in [1.165, 1.54) is 30.0 Å². The van der Waals surface area contributed by atoms with E-state index in [0.717, 1.165) is 16.8 Å². The Morgan fingerprint density at radius 1 is 1.06 bits per heavy atom. The summed E-state index contributed by atoms with van der Waals surface area (Å²) in [7, 11) is 0. The highest BCUT2D eigenvalue weighted by Crippen LogP contribution is 2.25. The van der Waals surface area contributed by atoms with Crippen molar-refractivity contribution < 1.29 is 9.59 Å². The first kappa shape index (κ1) is 22.0. The van der Waals surface area contributed by atoms with Gasteiger partial charge in [-0.05, 0) is 79.7 Å². The zero-order valence-electron chi connectivity index (χ0n) is 17.8. The molecule has 0 unspecified atom stereocenters. The first-order valence-electron chi connectivity index (χ1n) is 9.94. The summed E-state index contributed by atoms with van der Waals surface area (Å²) in [5, 5.41) is 5.13. The van der Waals surface area contributed by atoms with Crippen LogP contribution in [0.1, 0.15) is 28.4 Å². The quantitative estimate of drug-likeness (QED) is 0.247. The zero-order chi connectivity index (χ0) is 22.8. The summed E-state index contributed by atoms with van der Waals surface area (Å²) in [6.45, 7) is 5.46. The lowest BCUT2D eigenvalue weighted by atomic mass is 10.1. The van der Waals surface area contributed by atoms with Crippen LogP contribution < -0.4 is 10.9 Å². The van der Waals surface area contributed by atoms with Gasteiger partial charge in [0.25, 0.3) is 5.56 Å². The number of thiophene rings is 1. The molecule has 2 aromatic heterocycles. The molecule has 1 amide bonds. The van der Waals surface area contributed by atoms with Crippen LogP contribution in [0.3, 0.4) is 0 Å². The number of aryl methyl sites for hydroxylation is 2. The van der Waals surface area contributed by atoms with Crippen molar-refractivity contribution >= 4 is 50.7 Å². The highest BCUT2D eigenvalue weighted by atomic mass is 32.2. The number of benzene rings is 2. The maximum atomic E-state index is 13.2. The molecule has 0 bridgehead atoms. The Morgan fingerprint density at radius 2 is 1.75 bits per heavy atom. The fourth-order valence-electron chi connectivity index (χ4n) is 3.41. The Kier molecular flexibility index (Phi) is 6.25. The van der Waals surface area contributed by atoms with Crippen LogP contribution in [-0.2, 0) is 4.79 Å². The molecule has 0 saturated heterocycles. The molecule has 0 aliphatic rings. The molecule has 0 saturated carbocycles. The highest BCUT2D eigenvalue weighted by Gasteiger charge is 2.16. The SMILES string of the molecule is CC(=O)c1ccc(NC(=O)CSc2nc3ccsc3c(=O)n2-c2cc(C)cc(C)c2)cc1. The maximum Gasteiger partial charge on any atom is 0.276 e. The van der Waals surface area contributed by atoms with Crippen LogP contribution in [0.2, 0.25) is 0 Å². The van der Waals surface area contributed by atoms with E-state index in [-0.39, 0.29) is 23.0 Å². The predicted octanol–water partition coefficient (Wildman–Crippen LogP) is 5.00. The molecule has 4 aromatic rings. The molecule has 2 aromatic carbocycles. The number of nitrogens with zero attached hydrogens (tertiary/aromatic N) is 2. The summed E-state index contributed by atoms with van der Waals surface area (Å²) in [6, 6.07) is 14.5. The maximum absolute atomic E-state index is 13.2. The third-order valence-electron chi connectivity index (χ3n) is 4.82. The number of aromatic nitrogens is 2. The van der Waals surface area contributed by atoms with Crippen molar-refractivity contribution in [2.75, 3.05) is 11.1 Å². The van der Waals surface area contributed by atoms with E-state index in [1.54, 1.807) is 28.8 Å². The second-order valence-corrected chi connectivity index (χ2v) is 9.34. The molecule has 0 fully saturated rings. The van der Waals surface area contributed by atoms with E-state index in [1.807, 2.05) is 43.5 Å². The first-order valence-corrected chi connectivity index (χ1v) is 11.8. The van der Waals surface area contributed by atoms with Crippen molar-refractivity contribution in [2.45, 2.75) is 25.9 Å². The smallest absolute Gasteiger partial charge is 0.276 e. The van der Waals surface area contributed by atoms with Gasteiger partial charge in [0.2, 0.25) is 5.91 Å². The summed E-state index contributed by atoms with van der Waals surface area (Å²) in [5.74, 6) is -0.170. The number of rotatable bonds is 6. The van der Waals surface area contributed by atoms with Crippen LogP contribution in [0.5, 0.6) is 0 Å². The Balaban J connectivity index is 1.61. The Hall–Kier alpha value is -3.23. The summed E-state index contributed by atoms with van der Waals surface area (Å²) < 4.78 is 2.17. The van der Waals surface area contributed by atoms with Crippen molar-refractivity contribution in [3.05, 3.63) is 81.0 Å². The molecule has 0 aliphatic heterocycles. The van der Waals surface area contributed by atoms with E-state index in [0.29, 0.717) is 26.6 Å². The van der Waals surface area contributed by atoms with Crippen molar-refractivity contribution in [3.8, 4) is 5.69 Å². The van der Waals surface area contributed by atoms with E-state index >= 15 is 0 Å². The predicted molar refractivity (Wildman–Crippen MR) is 130 cm³/mol. The van der Waals surface area contributed by atoms with Gasteiger partial charge in [0.15, 0.2) is 10.9 Å². The molecule has 6 nitrogen and oxygen atoms in total. The number of thioether (sulfide) groups is 1. The molecular weight excluding hydrogens is 442 g/mol. The number of Topliss-reactive ketones (excluding diaryl/α,β-unsaturated/α-hetero) is 1. The van der Waals surface area contributed by atoms with Crippen LogP contribution in [0.25, 0.3) is 15.9 Å². The molecule has 2 heterocycles. The van der Waals surface area contributed by atoms with Crippen LogP contribution in [-0.4, -0.2) is 27.0 Å². The number of hydrogen-bond donors (Lipinski definition) is 1. The number of ketones is 1. The second kappa shape index (κ2) is 9.10. The van der Waals surface area contributed by atoms with Gasteiger partial charge in [-0.3, -0.25) is 19.0 Å². The number of fused-ring (bicyclic) bond motifs is 1. The monoisotopic (exact) mass is 463 g/mol. The van der Waals surface area contributed by atoms with Crippen molar-refractivity contribution in [3.63, 3.8) is 0 Å². The molecular formula is C24H21N3O3S2. The Morgan fingerprint density at radius 3 is 2.41 bits per heavy atom. The van der Waals surface area contributed by atoms with E-state index in [2.05, 4.69) is 10.3 Å². The van der Waals surface area contributed by atoms with Gasteiger partial charge >= 0.3 is 0 Å². The minimum atomic E-state index is -0.225.